The van der Waals surface area contributed by atoms with Crippen LogP contribution in [-0.2, 0) is 13.0 Å². The Labute approximate surface area is 140 Å². The van der Waals surface area contributed by atoms with Crippen LogP contribution < -0.4 is 10.5 Å². The molecule has 1 atom stereocenters. The van der Waals surface area contributed by atoms with Gasteiger partial charge < -0.3 is 15.0 Å². The van der Waals surface area contributed by atoms with Gasteiger partial charge in [0.25, 0.3) is 0 Å². The minimum atomic E-state index is -0.0194. The molecule has 3 rings (SSSR count). The third-order valence-electron chi connectivity index (χ3n) is 3.53. The number of imidazole rings is 1. The van der Waals surface area contributed by atoms with E-state index < -0.39 is 0 Å². The summed E-state index contributed by atoms with van der Waals surface area (Å²) in [5.74, 6) is 0.804. The average Bonchev–Trinajstić information content (AvgIpc) is 3.05. The molecule has 0 amide bonds. The summed E-state index contributed by atoms with van der Waals surface area (Å²) in [7, 11) is 0. The number of ether oxygens (including phenoxy) is 1. The van der Waals surface area contributed by atoms with Gasteiger partial charge in [-0.15, -0.1) is 0 Å². The van der Waals surface area contributed by atoms with Crippen molar-refractivity contribution in [1.29, 1.82) is 0 Å². The monoisotopic (exact) mass is 327 g/mol. The van der Waals surface area contributed by atoms with Gasteiger partial charge in [-0.1, -0.05) is 23.7 Å². The topological polar surface area (TPSA) is 53.1 Å². The first-order chi connectivity index (χ1) is 11.2. The molecule has 5 heteroatoms. The van der Waals surface area contributed by atoms with Crippen molar-refractivity contribution in [2.24, 2.45) is 0 Å². The Morgan fingerprint density at radius 2 is 1.83 bits per heavy atom. The van der Waals surface area contributed by atoms with Crippen molar-refractivity contribution in [2.75, 3.05) is 5.73 Å². The molecule has 23 heavy (non-hydrogen) atoms. The number of halogens is 1. The summed E-state index contributed by atoms with van der Waals surface area (Å²) >= 11 is 5.95. The molecule has 1 aromatic heterocycles. The molecule has 0 saturated carbocycles. The zero-order chi connectivity index (χ0) is 16.1. The van der Waals surface area contributed by atoms with Crippen molar-refractivity contribution in [3.05, 3.63) is 77.8 Å². The van der Waals surface area contributed by atoms with Crippen LogP contribution in [0.2, 0.25) is 5.02 Å². The van der Waals surface area contributed by atoms with Crippen LogP contribution in [0.15, 0.2) is 67.3 Å². The number of anilines is 1. The summed E-state index contributed by atoms with van der Waals surface area (Å²) in [6.07, 6.45) is 6.25. The van der Waals surface area contributed by atoms with Gasteiger partial charge >= 0.3 is 0 Å². The fourth-order valence-corrected chi connectivity index (χ4v) is 2.52. The van der Waals surface area contributed by atoms with Crippen molar-refractivity contribution in [1.82, 2.24) is 9.55 Å². The predicted octanol–water partition coefficient (Wildman–Crippen LogP) is 3.81. The summed E-state index contributed by atoms with van der Waals surface area (Å²) in [4.78, 5) is 4.09. The third kappa shape index (κ3) is 4.50. The Kier molecular flexibility index (Phi) is 4.83. The van der Waals surface area contributed by atoms with Gasteiger partial charge in [-0.2, -0.15) is 0 Å². The quantitative estimate of drug-likeness (QED) is 0.700. The van der Waals surface area contributed by atoms with Crippen molar-refractivity contribution in [3.63, 3.8) is 0 Å². The van der Waals surface area contributed by atoms with Gasteiger partial charge in [-0.05, 0) is 42.0 Å². The summed E-state index contributed by atoms with van der Waals surface area (Å²) in [5, 5.41) is 0.736. The smallest absolute Gasteiger partial charge is 0.121 e. The number of benzene rings is 2. The standard InChI is InChI=1S/C18H18ClN3O/c19-15-3-1-14(2-4-15)11-18(12-22-10-9-21-13-22)23-17-7-5-16(20)6-8-17/h1-10,13,18H,11-12,20H2. The van der Waals surface area contributed by atoms with Gasteiger partial charge in [-0.25, -0.2) is 4.98 Å². The van der Waals surface area contributed by atoms with E-state index in [9.17, 15) is 0 Å². The molecule has 2 N–H and O–H groups in total. The first kappa shape index (κ1) is 15.4. The molecule has 0 aliphatic rings. The number of rotatable bonds is 6. The summed E-state index contributed by atoms with van der Waals surface area (Å²) < 4.78 is 8.15. The molecule has 4 nitrogen and oxygen atoms in total. The van der Waals surface area contributed by atoms with Crippen molar-refractivity contribution >= 4 is 17.3 Å². The highest BCUT2D eigenvalue weighted by atomic mass is 35.5. The molecule has 0 saturated heterocycles. The molecular formula is C18H18ClN3O. The molecule has 118 valence electrons. The highest BCUT2D eigenvalue weighted by molar-refractivity contribution is 6.30. The SMILES string of the molecule is Nc1ccc(OC(Cc2ccc(Cl)cc2)Cn2ccnc2)cc1. The second kappa shape index (κ2) is 7.20. The lowest BCUT2D eigenvalue weighted by Gasteiger charge is -2.20. The summed E-state index contributed by atoms with van der Waals surface area (Å²) in [6, 6.07) is 15.3. The van der Waals surface area contributed by atoms with E-state index in [0.29, 0.717) is 6.54 Å². The van der Waals surface area contributed by atoms with E-state index in [1.807, 2.05) is 59.3 Å². The van der Waals surface area contributed by atoms with Crippen LogP contribution in [0.5, 0.6) is 5.75 Å². The number of hydrogen-bond acceptors (Lipinski definition) is 3. The molecule has 1 unspecified atom stereocenters. The average molecular weight is 328 g/mol. The van der Waals surface area contributed by atoms with Gasteiger partial charge in [0.1, 0.15) is 11.9 Å². The lowest BCUT2D eigenvalue weighted by molar-refractivity contribution is 0.180. The second-order valence-corrected chi connectivity index (χ2v) is 5.84. The maximum Gasteiger partial charge on any atom is 0.121 e. The molecule has 0 spiro atoms. The Bertz CT molecular complexity index is 676. The van der Waals surface area contributed by atoms with Crippen LogP contribution in [0.1, 0.15) is 5.56 Å². The number of nitrogen functional groups attached to an aromatic ring is 1. The first-order valence-electron chi connectivity index (χ1n) is 7.41. The Morgan fingerprint density at radius 1 is 1.09 bits per heavy atom. The maximum absolute atomic E-state index is 6.14. The molecular weight excluding hydrogens is 310 g/mol. The molecule has 1 heterocycles. The van der Waals surface area contributed by atoms with E-state index >= 15 is 0 Å². The highest BCUT2D eigenvalue weighted by Gasteiger charge is 2.13. The Balaban J connectivity index is 1.75. The Hall–Kier alpha value is -2.46. The molecule has 0 fully saturated rings. The van der Waals surface area contributed by atoms with Gasteiger partial charge in [0.15, 0.2) is 0 Å². The van der Waals surface area contributed by atoms with E-state index in [-0.39, 0.29) is 6.10 Å². The third-order valence-corrected chi connectivity index (χ3v) is 3.79. The van der Waals surface area contributed by atoms with E-state index in [4.69, 9.17) is 22.1 Å². The minimum Gasteiger partial charge on any atom is -0.488 e. The zero-order valence-electron chi connectivity index (χ0n) is 12.6. The maximum atomic E-state index is 6.14. The number of aromatic nitrogens is 2. The Morgan fingerprint density at radius 3 is 2.48 bits per heavy atom. The van der Waals surface area contributed by atoms with E-state index in [2.05, 4.69) is 4.98 Å². The van der Waals surface area contributed by atoms with Crippen molar-refractivity contribution < 1.29 is 4.74 Å². The fraction of sp³-hybridized carbons (Fsp3) is 0.167. The molecule has 3 aromatic rings. The highest BCUT2D eigenvalue weighted by Crippen LogP contribution is 2.18. The van der Waals surface area contributed by atoms with Crippen LogP contribution in [0, 0.1) is 0 Å². The van der Waals surface area contributed by atoms with Crippen LogP contribution in [0.4, 0.5) is 5.69 Å². The van der Waals surface area contributed by atoms with Gasteiger partial charge in [0.2, 0.25) is 0 Å². The molecule has 2 aromatic carbocycles. The molecule has 0 bridgehead atoms. The fourth-order valence-electron chi connectivity index (χ4n) is 2.40. The van der Waals surface area contributed by atoms with E-state index in [1.54, 1.807) is 12.5 Å². The second-order valence-electron chi connectivity index (χ2n) is 5.40. The lowest BCUT2D eigenvalue weighted by Crippen LogP contribution is -2.25. The van der Waals surface area contributed by atoms with Crippen LogP contribution in [-0.4, -0.2) is 15.7 Å². The van der Waals surface area contributed by atoms with Gasteiger partial charge in [0.05, 0.1) is 12.9 Å². The normalized spacial score (nSPS) is 12.0. The number of nitrogens with zero attached hydrogens (tertiary/aromatic N) is 2. The lowest BCUT2D eigenvalue weighted by atomic mass is 10.1. The van der Waals surface area contributed by atoms with E-state index in [0.717, 1.165) is 22.9 Å². The molecule has 0 aliphatic carbocycles. The molecule has 0 aliphatic heterocycles. The van der Waals surface area contributed by atoms with Crippen LogP contribution in [0.3, 0.4) is 0 Å². The zero-order valence-corrected chi connectivity index (χ0v) is 13.4. The number of hydrogen-bond donors (Lipinski definition) is 1. The molecule has 0 radical (unpaired) electrons. The summed E-state index contributed by atoms with van der Waals surface area (Å²) in [5.41, 5.74) is 7.62. The predicted molar refractivity (Wildman–Crippen MR) is 92.7 cm³/mol. The van der Waals surface area contributed by atoms with Crippen LogP contribution in [0.25, 0.3) is 0 Å². The van der Waals surface area contributed by atoms with E-state index in [1.165, 1.54) is 5.56 Å². The largest absolute Gasteiger partial charge is 0.488 e. The van der Waals surface area contributed by atoms with Gasteiger partial charge in [-0.3, -0.25) is 0 Å². The van der Waals surface area contributed by atoms with Crippen molar-refractivity contribution in [3.8, 4) is 5.75 Å². The minimum absolute atomic E-state index is 0.0194. The summed E-state index contributed by atoms with van der Waals surface area (Å²) in [6.45, 7) is 0.715. The van der Waals surface area contributed by atoms with Gasteiger partial charge in [0, 0.05) is 29.5 Å². The number of nitrogens with two attached hydrogens (primary N) is 1. The van der Waals surface area contributed by atoms with Crippen LogP contribution >= 0.6 is 11.6 Å². The van der Waals surface area contributed by atoms with Crippen molar-refractivity contribution in [2.45, 2.75) is 19.1 Å². The first-order valence-corrected chi connectivity index (χ1v) is 7.79.